The van der Waals surface area contributed by atoms with Crippen LogP contribution in [0.3, 0.4) is 0 Å². The van der Waals surface area contributed by atoms with Gasteiger partial charge in [-0.1, -0.05) is 13.8 Å². The zero-order valence-corrected chi connectivity index (χ0v) is 9.51. The molecule has 5 heteroatoms. The lowest BCUT2D eigenvalue weighted by Crippen LogP contribution is -2.40. The highest BCUT2D eigenvalue weighted by molar-refractivity contribution is 7.83. The molecule has 1 fully saturated rings. The fraction of sp³-hybridized carbons (Fsp3) is 0.889. The Morgan fingerprint density at radius 3 is 2.50 bits per heavy atom. The summed E-state index contributed by atoms with van der Waals surface area (Å²) in [6, 6.07) is 0. The minimum atomic E-state index is -1.15. The van der Waals surface area contributed by atoms with Crippen molar-refractivity contribution >= 4 is 16.8 Å². The number of ketones is 1. The molecule has 0 aromatic heterocycles. The summed E-state index contributed by atoms with van der Waals surface area (Å²) in [6.45, 7) is 6.22. The third-order valence-electron chi connectivity index (χ3n) is 2.17. The smallest absolute Gasteiger partial charge is 0.149 e. The van der Waals surface area contributed by atoms with Crippen LogP contribution in [0.4, 0.5) is 0 Å². The molecule has 1 aliphatic rings. The van der Waals surface area contributed by atoms with Crippen molar-refractivity contribution in [2.45, 2.75) is 13.8 Å². The first-order valence-electron chi connectivity index (χ1n) is 4.85. The number of carbonyl (C=O) groups is 1. The number of rotatable bonds is 4. The third-order valence-corrected chi connectivity index (χ3v) is 3.64. The zero-order chi connectivity index (χ0) is 10.6. The molecular weight excluding hydrogens is 202 g/mol. The number of ether oxygens (including phenoxy) is 1. The molecule has 1 aliphatic heterocycles. The molecule has 4 nitrogen and oxygen atoms in total. The summed E-state index contributed by atoms with van der Waals surface area (Å²) in [6.07, 6.45) is 0. The predicted octanol–water partition coefficient (Wildman–Crippen LogP) is 0.207. The summed E-state index contributed by atoms with van der Waals surface area (Å²) in [4.78, 5) is 11.3. The molecule has 0 radical (unpaired) electrons. The lowest BCUT2D eigenvalue weighted by Gasteiger charge is -2.25. The summed E-state index contributed by atoms with van der Waals surface area (Å²) in [5, 5.41) is 0. The van der Waals surface area contributed by atoms with Crippen molar-refractivity contribution in [2.75, 3.05) is 32.1 Å². The normalized spacial score (nSPS) is 21.1. The summed E-state index contributed by atoms with van der Waals surface area (Å²) in [5.74, 6) is 0.187. The van der Waals surface area contributed by atoms with Gasteiger partial charge >= 0.3 is 0 Å². The molecular formula is C9H17NO3S. The summed E-state index contributed by atoms with van der Waals surface area (Å²) >= 11 is 0. The van der Waals surface area contributed by atoms with E-state index >= 15 is 0 Å². The van der Waals surface area contributed by atoms with E-state index in [2.05, 4.69) is 0 Å². The minimum absolute atomic E-state index is 0.0278. The minimum Gasteiger partial charge on any atom is -0.379 e. The van der Waals surface area contributed by atoms with Crippen LogP contribution >= 0.6 is 0 Å². The standard InChI is InChI=1S/C9H17NO3S/c1-8(2)9(11)7-14(12)10-3-5-13-6-4-10/h8H,3-7H2,1-2H3. The van der Waals surface area contributed by atoms with Gasteiger partial charge in [0.1, 0.15) is 16.8 Å². The Morgan fingerprint density at radius 2 is 2.00 bits per heavy atom. The van der Waals surface area contributed by atoms with Crippen molar-refractivity contribution in [1.82, 2.24) is 4.31 Å². The average Bonchev–Trinajstić information content (AvgIpc) is 2.19. The summed E-state index contributed by atoms with van der Waals surface area (Å²) in [5.41, 5.74) is 0. The van der Waals surface area contributed by atoms with Gasteiger partial charge in [0, 0.05) is 19.0 Å². The maximum absolute atomic E-state index is 11.7. The van der Waals surface area contributed by atoms with Gasteiger partial charge in [-0.2, -0.15) is 0 Å². The predicted molar refractivity (Wildman–Crippen MR) is 55.2 cm³/mol. The Labute approximate surface area is 87.2 Å². The second-order valence-corrected chi connectivity index (χ2v) is 5.08. The lowest BCUT2D eigenvalue weighted by atomic mass is 10.1. The van der Waals surface area contributed by atoms with Crippen LogP contribution in [0.2, 0.25) is 0 Å². The number of hydrogen-bond donors (Lipinski definition) is 0. The maximum atomic E-state index is 11.7. The monoisotopic (exact) mass is 219 g/mol. The Bertz CT molecular complexity index is 224. The Balaban J connectivity index is 2.37. The van der Waals surface area contributed by atoms with Crippen molar-refractivity contribution < 1.29 is 13.7 Å². The Kier molecular flexibility index (Phi) is 4.71. The molecule has 1 heterocycles. The highest BCUT2D eigenvalue weighted by atomic mass is 32.2. The fourth-order valence-corrected chi connectivity index (χ4v) is 2.45. The van der Waals surface area contributed by atoms with Crippen molar-refractivity contribution in [1.29, 1.82) is 0 Å². The molecule has 1 atom stereocenters. The van der Waals surface area contributed by atoms with E-state index in [9.17, 15) is 9.00 Å². The van der Waals surface area contributed by atoms with Gasteiger partial charge in [0.05, 0.1) is 19.0 Å². The van der Waals surface area contributed by atoms with E-state index in [1.165, 1.54) is 0 Å². The first kappa shape index (κ1) is 11.8. The number of hydrogen-bond acceptors (Lipinski definition) is 3. The number of Topliss-reactive ketones (excluding diaryl/α,β-unsaturated/α-hetero) is 1. The van der Waals surface area contributed by atoms with Crippen LogP contribution in [0.5, 0.6) is 0 Å². The van der Waals surface area contributed by atoms with E-state index in [0.717, 1.165) is 0 Å². The van der Waals surface area contributed by atoms with Crippen LogP contribution in [0, 0.1) is 5.92 Å². The number of nitrogens with zero attached hydrogens (tertiary/aromatic N) is 1. The molecule has 0 spiro atoms. The second-order valence-electron chi connectivity index (χ2n) is 3.63. The van der Waals surface area contributed by atoms with Crippen molar-refractivity contribution in [3.63, 3.8) is 0 Å². The maximum Gasteiger partial charge on any atom is 0.149 e. The Hall–Kier alpha value is -0.260. The van der Waals surface area contributed by atoms with Crippen LogP contribution < -0.4 is 0 Å². The molecule has 0 amide bonds. The van der Waals surface area contributed by atoms with Gasteiger partial charge in [-0.3, -0.25) is 4.79 Å². The number of morpholine rings is 1. The van der Waals surface area contributed by atoms with E-state index in [-0.39, 0.29) is 17.5 Å². The van der Waals surface area contributed by atoms with Crippen LogP contribution in [0.1, 0.15) is 13.8 Å². The van der Waals surface area contributed by atoms with E-state index < -0.39 is 11.0 Å². The summed E-state index contributed by atoms with van der Waals surface area (Å²) in [7, 11) is -1.15. The molecule has 0 aromatic carbocycles. The van der Waals surface area contributed by atoms with Crippen molar-refractivity contribution in [3.8, 4) is 0 Å². The molecule has 82 valence electrons. The first-order valence-corrected chi connectivity index (χ1v) is 6.12. The van der Waals surface area contributed by atoms with Gasteiger partial charge < -0.3 is 4.74 Å². The topological polar surface area (TPSA) is 46.6 Å². The molecule has 0 bridgehead atoms. The fourth-order valence-electron chi connectivity index (χ4n) is 1.13. The van der Waals surface area contributed by atoms with Gasteiger partial charge in [-0.25, -0.2) is 8.51 Å². The van der Waals surface area contributed by atoms with Crippen LogP contribution in [0.25, 0.3) is 0 Å². The van der Waals surface area contributed by atoms with Crippen molar-refractivity contribution in [3.05, 3.63) is 0 Å². The lowest BCUT2D eigenvalue weighted by molar-refractivity contribution is -0.119. The van der Waals surface area contributed by atoms with Gasteiger partial charge in [-0.15, -0.1) is 0 Å². The van der Waals surface area contributed by atoms with Gasteiger partial charge in [-0.05, 0) is 0 Å². The molecule has 1 unspecified atom stereocenters. The highest BCUT2D eigenvalue weighted by Gasteiger charge is 2.20. The molecule has 0 aliphatic carbocycles. The van der Waals surface area contributed by atoms with Crippen LogP contribution in [0.15, 0.2) is 0 Å². The molecule has 14 heavy (non-hydrogen) atoms. The SMILES string of the molecule is CC(C)C(=O)CS(=O)N1CCOCC1. The molecule has 1 saturated heterocycles. The third kappa shape index (κ3) is 3.48. The Morgan fingerprint density at radius 1 is 1.43 bits per heavy atom. The molecule has 0 saturated carbocycles. The van der Waals surface area contributed by atoms with E-state index in [0.29, 0.717) is 26.3 Å². The van der Waals surface area contributed by atoms with Crippen LogP contribution in [-0.2, 0) is 20.5 Å². The van der Waals surface area contributed by atoms with E-state index in [4.69, 9.17) is 4.74 Å². The summed E-state index contributed by atoms with van der Waals surface area (Å²) < 4.78 is 18.6. The van der Waals surface area contributed by atoms with Gasteiger partial charge in [0.2, 0.25) is 0 Å². The quantitative estimate of drug-likeness (QED) is 0.679. The zero-order valence-electron chi connectivity index (χ0n) is 8.69. The number of carbonyl (C=O) groups excluding carboxylic acids is 1. The van der Waals surface area contributed by atoms with Gasteiger partial charge in [0.25, 0.3) is 0 Å². The van der Waals surface area contributed by atoms with Crippen molar-refractivity contribution in [2.24, 2.45) is 5.92 Å². The largest absolute Gasteiger partial charge is 0.379 e. The molecule has 1 rings (SSSR count). The molecule has 0 aromatic rings. The van der Waals surface area contributed by atoms with E-state index in [1.54, 1.807) is 0 Å². The second kappa shape index (κ2) is 5.58. The first-order chi connectivity index (χ1) is 6.61. The highest BCUT2D eigenvalue weighted by Crippen LogP contribution is 2.04. The van der Waals surface area contributed by atoms with E-state index in [1.807, 2.05) is 18.2 Å². The average molecular weight is 219 g/mol. The van der Waals surface area contributed by atoms with Crippen LogP contribution in [-0.4, -0.2) is 46.4 Å². The van der Waals surface area contributed by atoms with Gasteiger partial charge in [0.15, 0.2) is 0 Å². The molecule has 0 N–H and O–H groups in total.